The fraction of sp³-hybridized carbons (Fsp3) is 0.800. The lowest BCUT2D eigenvalue weighted by molar-refractivity contribution is 0.119. The summed E-state index contributed by atoms with van der Waals surface area (Å²) in [6.45, 7) is 12.2. The summed E-state index contributed by atoms with van der Waals surface area (Å²) < 4.78 is 5.27. The van der Waals surface area contributed by atoms with Crippen molar-refractivity contribution in [2.24, 2.45) is 5.41 Å². The lowest BCUT2D eigenvalue weighted by Crippen LogP contribution is -2.49. The molecule has 0 spiro atoms. The molecule has 1 aliphatic heterocycles. The van der Waals surface area contributed by atoms with E-state index in [0.717, 1.165) is 32.5 Å². The molecule has 2 N–H and O–H groups in total. The number of hydrogen-bond donors (Lipinski definition) is 2. The molecule has 0 unspecified atom stereocenters. The maximum atomic E-state index is 11.9. The Bertz CT molecular complexity index is 333. The molecule has 0 saturated carbocycles. The number of carbonyl (C=O) groups excluding carboxylic acids is 1. The summed E-state index contributed by atoms with van der Waals surface area (Å²) >= 11 is 0. The molecule has 0 bridgehead atoms. The van der Waals surface area contributed by atoms with Crippen molar-refractivity contribution in [1.29, 1.82) is 0 Å². The molecule has 0 aromatic heterocycles. The molecule has 1 aliphatic rings. The quantitative estimate of drug-likeness (QED) is 0.826. The van der Waals surface area contributed by atoms with E-state index in [1.54, 1.807) is 0 Å². The van der Waals surface area contributed by atoms with Crippen LogP contribution in [0.1, 0.15) is 53.9 Å². The molecule has 0 aliphatic carbocycles. The first-order chi connectivity index (χ1) is 8.68. The molecule has 2 amide bonds. The second-order valence-electron chi connectivity index (χ2n) is 7.13. The van der Waals surface area contributed by atoms with E-state index in [9.17, 15) is 4.79 Å². The zero-order chi connectivity index (χ0) is 14.5. The number of rotatable bonds is 3. The monoisotopic (exact) mass is 268 g/mol. The summed E-state index contributed by atoms with van der Waals surface area (Å²) in [6.07, 6.45) is 4.57. The molecule has 0 aromatic rings. The first-order valence-corrected chi connectivity index (χ1v) is 7.02. The van der Waals surface area contributed by atoms with Gasteiger partial charge in [0.05, 0.1) is 13.2 Å². The Kier molecular flexibility index (Phi) is 5.41. The van der Waals surface area contributed by atoms with Crippen molar-refractivity contribution >= 4 is 6.03 Å². The minimum Gasteiger partial charge on any atom is -0.381 e. The molecule has 4 heteroatoms. The second-order valence-corrected chi connectivity index (χ2v) is 7.13. The van der Waals surface area contributed by atoms with Gasteiger partial charge in [0.25, 0.3) is 0 Å². The van der Waals surface area contributed by atoms with Crippen molar-refractivity contribution in [1.82, 2.24) is 10.6 Å². The van der Waals surface area contributed by atoms with Gasteiger partial charge in [-0.25, -0.2) is 4.79 Å². The lowest BCUT2D eigenvalue weighted by atomic mass is 9.82. The maximum absolute atomic E-state index is 11.9. The minimum atomic E-state index is -0.212. The van der Waals surface area contributed by atoms with Gasteiger partial charge in [0.1, 0.15) is 0 Å². The van der Waals surface area contributed by atoms with E-state index < -0.39 is 0 Å². The number of nitrogens with one attached hydrogen (secondary N) is 2. The van der Waals surface area contributed by atoms with E-state index in [1.807, 2.05) is 6.20 Å². The first-order valence-electron chi connectivity index (χ1n) is 7.02. The lowest BCUT2D eigenvalue weighted by Gasteiger charge is -2.33. The van der Waals surface area contributed by atoms with Crippen LogP contribution in [0, 0.1) is 5.41 Å². The zero-order valence-corrected chi connectivity index (χ0v) is 12.9. The normalized spacial score (nSPS) is 17.0. The molecule has 4 nitrogen and oxygen atoms in total. The van der Waals surface area contributed by atoms with Gasteiger partial charge in [0.15, 0.2) is 0 Å². The van der Waals surface area contributed by atoms with E-state index >= 15 is 0 Å². The highest BCUT2D eigenvalue weighted by molar-refractivity contribution is 5.75. The molecule has 1 heterocycles. The number of carbonyl (C=O) groups is 1. The van der Waals surface area contributed by atoms with Crippen molar-refractivity contribution in [2.75, 3.05) is 13.2 Å². The van der Waals surface area contributed by atoms with E-state index in [2.05, 4.69) is 45.3 Å². The number of ether oxygens (including phenoxy) is 1. The van der Waals surface area contributed by atoms with Crippen LogP contribution in [0.4, 0.5) is 4.79 Å². The van der Waals surface area contributed by atoms with Crippen LogP contribution in [0.2, 0.25) is 0 Å². The van der Waals surface area contributed by atoms with Gasteiger partial charge in [-0.05, 0) is 44.1 Å². The maximum Gasteiger partial charge on any atom is 0.319 e. The molecule has 110 valence electrons. The van der Waals surface area contributed by atoms with Gasteiger partial charge < -0.3 is 15.4 Å². The van der Waals surface area contributed by atoms with Gasteiger partial charge in [0, 0.05) is 11.7 Å². The van der Waals surface area contributed by atoms with E-state index in [0.29, 0.717) is 0 Å². The Morgan fingerprint density at radius 1 is 1.21 bits per heavy atom. The number of amides is 2. The molecule has 0 atom stereocenters. The molecule has 1 rings (SSSR count). The van der Waals surface area contributed by atoms with Crippen LogP contribution in [0.5, 0.6) is 0 Å². The van der Waals surface area contributed by atoms with Gasteiger partial charge in [-0.2, -0.15) is 0 Å². The molecular weight excluding hydrogens is 240 g/mol. The van der Waals surface area contributed by atoms with Crippen LogP contribution in [-0.2, 0) is 4.74 Å². The van der Waals surface area contributed by atoms with E-state index in [1.165, 1.54) is 5.57 Å². The summed E-state index contributed by atoms with van der Waals surface area (Å²) in [7, 11) is 0. The third-order valence-corrected chi connectivity index (χ3v) is 2.97. The Morgan fingerprint density at radius 2 is 1.79 bits per heavy atom. The Balaban J connectivity index is 2.41. The van der Waals surface area contributed by atoms with Crippen molar-refractivity contribution < 1.29 is 9.53 Å². The average Bonchev–Trinajstić information content (AvgIpc) is 2.23. The number of hydrogen-bond acceptors (Lipinski definition) is 2. The van der Waals surface area contributed by atoms with E-state index in [4.69, 9.17) is 4.74 Å². The fourth-order valence-corrected chi connectivity index (χ4v) is 2.66. The third kappa shape index (κ3) is 7.21. The first kappa shape index (κ1) is 16.0. The highest BCUT2D eigenvalue weighted by atomic mass is 16.5. The fourth-order valence-electron chi connectivity index (χ4n) is 2.66. The summed E-state index contributed by atoms with van der Waals surface area (Å²) in [5, 5.41) is 5.85. The number of urea groups is 1. The summed E-state index contributed by atoms with van der Waals surface area (Å²) in [5.74, 6) is 0. The summed E-state index contributed by atoms with van der Waals surface area (Å²) in [5.41, 5.74) is 1.22. The molecule has 1 saturated heterocycles. The van der Waals surface area contributed by atoms with Gasteiger partial charge in [-0.1, -0.05) is 20.8 Å². The second kappa shape index (κ2) is 6.42. The van der Waals surface area contributed by atoms with Gasteiger partial charge in [-0.15, -0.1) is 0 Å². The van der Waals surface area contributed by atoms with Gasteiger partial charge in [-0.3, -0.25) is 0 Å². The summed E-state index contributed by atoms with van der Waals surface area (Å²) in [4.78, 5) is 11.9. The smallest absolute Gasteiger partial charge is 0.319 e. The van der Waals surface area contributed by atoms with Crippen LogP contribution in [0.15, 0.2) is 11.8 Å². The Hall–Kier alpha value is -1.03. The molecule has 0 radical (unpaired) electrons. The van der Waals surface area contributed by atoms with Crippen molar-refractivity contribution in [2.45, 2.75) is 59.4 Å². The molecule has 19 heavy (non-hydrogen) atoms. The molecule has 0 aromatic carbocycles. The van der Waals surface area contributed by atoms with Crippen LogP contribution in [0.25, 0.3) is 0 Å². The standard InChI is InChI=1S/C15H28N2O2/c1-14(2,3)11-15(4,5)17-13(18)16-10-12-6-8-19-9-7-12/h10H,6-9,11H2,1-5H3,(H2,16,17,18). The highest BCUT2D eigenvalue weighted by Gasteiger charge is 2.26. The molecular formula is C15H28N2O2. The van der Waals surface area contributed by atoms with E-state index in [-0.39, 0.29) is 17.0 Å². The summed E-state index contributed by atoms with van der Waals surface area (Å²) in [6, 6.07) is -0.131. The Morgan fingerprint density at radius 3 is 2.32 bits per heavy atom. The van der Waals surface area contributed by atoms with Gasteiger partial charge >= 0.3 is 6.03 Å². The van der Waals surface area contributed by atoms with Crippen LogP contribution < -0.4 is 10.6 Å². The van der Waals surface area contributed by atoms with Crippen LogP contribution in [0.3, 0.4) is 0 Å². The van der Waals surface area contributed by atoms with Crippen LogP contribution in [-0.4, -0.2) is 24.8 Å². The van der Waals surface area contributed by atoms with Crippen molar-refractivity contribution in [3.05, 3.63) is 11.8 Å². The predicted molar refractivity (Wildman–Crippen MR) is 78.0 cm³/mol. The molecule has 1 fully saturated rings. The third-order valence-electron chi connectivity index (χ3n) is 2.97. The zero-order valence-electron chi connectivity index (χ0n) is 12.9. The highest BCUT2D eigenvalue weighted by Crippen LogP contribution is 2.26. The minimum absolute atomic E-state index is 0.131. The SMILES string of the molecule is CC(C)(C)CC(C)(C)NC(=O)NC=C1CCOCC1. The van der Waals surface area contributed by atoms with Crippen molar-refractivity contribution in [3.8, 4) is 0 Å². The largest absolute Gasteiger partial charge is 0.381 e. The van der Waals surface area contributed by atoms with Crippen molar-refractivity contribution in [3.63, 3.8) is 0 Å². The average molecular weight is 268 g/mol. The predicted octanol–water partition coefficient (Wildman–Crippen LogP) is 3.19. The topological polar surface area (TPSA) is 50.4 Å². The Labute approximate surface area is 117 Å². The van der Waals surface area contributed by atoms with Crippen LogP contribution >= 0.6 is 0 Å². The van der Waals surface area contributed by atoms with Gasteiger partial charge in [0.2, 0.25) is 0 Å².